The van der Waals surface area contributed by atoms with Gasteiger partial charge in [-0.25, -0.2) is 4.79 Å². The van der Waals surface area contributed by atoms with E-state index in [-0.39, 0.29) is 6.04 Å². The SMILES string of the molecule is Cn1c(CC(CN)NC(=O)OC(C)(C)C)cc2ccccc21. The molecule has 1 heterocycles. The third kappa shape index (κ3) is 4.01. The van der Waals surface area contributed by atoms with Crippen molar-refractivity contribution in [2.24, 2.45) is 12.8 Å². The number of carbonyl (C=O) groups is 1. The first kappa shape index (κ1) is 16.4. The Hall–Kier alpha value is -2.01. The average molecular weight is 303 g/mol. The van der Waals surface area contributed by atoms with Crippen molar-refractivity contribution in [2.75, 3.05) is 6.54 Å². The Balaban J connectivity index is 2.09. The molecule has 1 aromatic heterocycles. The highest BCUT2D eigenvalue weighted by Crippen LogP contribution is 2.19. The number of aryl methyl sites for hydroxylation is 1. The summed E-state index contributed by atoms with van der Waals surface area (Å²) in [6, 6.07) is 10.2. The molecular formula is C17H25N3O2. The van der Waals surface area contributed by atoms with E-state index in [2.05, 4.69) is 28.1 Å². The summed E-state index contributed by atoms with van der Waals surface area (Å²) in [5.74, 6) is 0. The Morgan fingerprint density at radius 3 is 2.64 bits per heavy atom. The zero-order valence-electron chi connectivity index (χ0n) is 13.7. The van der Waals surface area contributed by atoms with Gasteiger partial charge in [0.25, 0.3) is 0 Å². The molecule has 1 atom stereocenters. The van der Waals surface area contributed by atoms with Crippen molar-refractivity contribution in [3.05, 3.63) is 36.0 Å². The van der Waals surface area contributed by atoms with E-state index in [0.29, 0.717) is 13.0 Å². The number of para-hydroxylation sites is 1. The van der Waals surface area contributed by atoms with Gasteiger partial charge in [-0.3, -0.25) is 0 Å². The highest BCUT2D eigenvalue weighted by Gasteiger charge is 2.20. The average Bonchev–Trinajstić information content (AvgIpc) is 2.73. The smallest absolute Gasteiger partial charge is 0.407 e. The van der Waals surface area contributed by atoms with Crippen LogP contribution in [0.1, 0.15) is 26.5 Å². The van der Waals surface area contributed by atoms with E-state index in [1.807, 2.05) is 40.0 Å². The molecule has 22 heavy (non-hydrogen) atoms. The van der Waals surface area contributed by atoms with Crippen molar-refractivity contribution in [1.29, 1.82) is 0 Å². The fourth-order valence-electron chi connectivity index (χ4n) is 2.46. The molecule has 0 aliphatic heterocycles. The van der Waals surface area contributed by atoms with Gasteiger partial charge in [-0.2, -0.15) is 0 Å². The van der Waals surface area contributed by atoms with Crippen LogP contribution in [0.15, 0.2) is 30.3 Å². The van der Waals surface area contributed by atoms with Crippen LogP contribution in [-0.4, -0.2) is 28.8 Å². The molecule has 2 rings (SSSR count). The molecule has 0 aliphatic carbocycles. The van der Waals surface area contributed by atoms with Gasteiger partial charge < -0.3 is 20.4 Å². The van der Waals surface area contributed by atoms with E-state index < -0.39 is 11.7 Å². The van der Waals surface area contributed by atoms with Crippen molar-refractivity contribution in [1.82, 2.24) is 9.88 Å². The summed E-state index contributed by atoms with van der Waals surface area (Å²) in [5.41, 5.74) is 7.59. The molecule has 2 aromatic rings. The van der Waals surface area contributed by atoms with Crippen LogP contribution < -0.4 is 11.1 Å². The number of amides is 1. The standard InChI is InChI=1S/C17H25N3O2/c1-17(2,3)22-16(21)19-13(11-18)10-14-9-12-7-5-6-8-15(12)20(14)4/h5-9,13H,10-11,18H2,1-4H3,(H,19,21). The number of nitrogens with zero attached hydrogens (tertiary/aromatic N) is 1. The minimum Gasteiger partial charge on any atom is -0.444 e. The number of rotatable bonds is 4. The van der Waals surface area contributed by atoms with Gasteiger partial charge in [-0.05, 0) is 38.3 Å². The summed E-state index contributed by atoms with van der Waals surface area (Å²) in [7, 11) is 2.03. The van der Waals surface area contributed by atoms with E-state index in [9.17, 15) is 4.79 Å². The highest BCUT2D eigenvalue weighted by atomic mass is 16.6. The first-order chi connectivity index (χ1) is 10.3. The lowest BCUT2D eigenvalue weighted by Gasteiger charge is -2.23. The monoisotopic (exact) mass is 303 g/mol. The van der Waals surface area contributed by atoms with Crippen LogP contribution >= 0.6 is 0 Å². The van der Waals surface area contributed by atoms with Crippen molar-refractivity contribution in [2.45, 2.75) is 38.8 Å². The van der Waals surface area contributed by atoms with E-state index in [0.717, 1.165) is 5.69 Å². The topological polar surface area (TPSA) is 69.3 Å². The largest absolute Gasteiger partial charge is 0.444 e. The Morgan fingerprint density at radius 2 is 2.05 bits per heavy atom. The van der Waals surface area contributed by atoms with Crippen LogP contribution in [0, 0.1) is 0 Å². The van der Waals surface area contributed by atoms with Crippen LogP contribution in [0.2, 0.25) is 0 Å². The highest BCUT2D eigenvalue weighted by molar-refractivity contribution is 5.81. The number of aromatic nitrogens is 1. The summed E-state index contributed by atoms with van der Waals surface area (Å²) in [6.07, 6.45) is 0.239. The summed E-state index contributed by atoms with van der Waals surface area (Å²) in [6.45, 7) is 5.89. The maximum Gasteiger partial charge on any atom is 0.407 e. The molecule has 0 fully saturated rings. The Bertz CT molecular complexity index is 655. The summed E-state index contributed by atoms with van der Waals surface area (Å²) < 4.78 is 7.42. The molecule has 5 heteroatoms. The fraction of sp³-hybridized carbons (Fsp3) is 0.471. The Labute approximate surface area is 131 Å². The van der Waals surface area contributed by atoms with Gasteiger partial charge >= 0.3 is 6.09 Å². The minimum atomic E-state index is -0.511. The van der Waals surface area contributed by atoms with Crippen molar-refractivity contribution >= 4 is 17.0 Å². The van der Waals surface area contributed by atoms with Crippen LogP contribution in [-0.2, 0) is 18.2 Å². The maximum absolute atomic E-state index is 11.9. The lowest BCUT2D eigenvalue weighted by atomic mass is 10.1. The molecule has 0 radical (unpaired) electrons. The number of nitrogens with one attached hydrogen (secondary N) is 1. The number of hydrogen-bond donors (Lipinski definition) is 2. The number of fused-ring (bicyclic) bond motifs is 1. The second-order valence-corrected chi connectivity index (χ2v) is 6.54. The van der Waals surface area contributed by atoms with Gasteiger partial charge in [0.2, 0.25) is 0 Å². The third-order valence-electron chi connectivity index (χ3n) is 3.51. The van der Waals surface area contributed by atoms with Gasteiger partial charge in [-0.15, -0.1) is 0 Å². The number of ether oxygens (including phenoxy) is 1. The first-order valence-corrected chi connectivity index (χ1v) is 7.53. The maximum atomic E-state index is 11.9. The van der Waals surface area contributed by atoms with Gasteiger partial charge in [0, 0.05) is 37.3 Å². The van der Waals surface area contributed by atoms with Gasteiger partial charge in [0.1, 0.15) is 5.60 Å². The molecule has 120 valence electrons. The van der Waals surface area contributed by atoms with Crippen molar-refractivity contribution in [3.63, 3.8) is 0 Å². The fourth-order valence-corrected chi connectivity index (χ4v) is 2.46. The summed E-state index contributed by atoms with van der Waals surface area (Å²) >= 11 is 0. The van der Waals surface area contributed by atoms with Crippen molar-refractivity contribution < 1.29 is 9.53 Å². The van der Waals surface area contributed by atoms with Crippen LogP contribution in [0.25, 0.3) is 10.9 Å². The number of nitrogens with two attached hydrogens (primary N) is 1. The van der Waals surface area contributed by atoms with E-state index in [1.165, 1.54) is 10.9 Å². The van der Waals surface area contributed by atoms with Gasteiger partial charge in [0.05, 0.1) is 0 Å². The predicted octanol–water partition coefficient (Wildman–Crippen LogP) is 2.57. The third-order valence-corrected chi connectivity index (χ3v) is 3.51. The van der Waals surface area contributed by atoms with Gasteiger partial charge in [-0.1, -0.05) is 18.2 Å². The quantitative estimate of drug-likeness (QED) is 0.912. The molecule has 3 N–H and O–H groups in total. The molecule has 0 aliphatic rings. The molecule has 5 nitrogen and oxygen atoms in total. The Morgan fingerprint density at radius 1 is 1.36 bits per heavy atom. The minimum absolute atomic E-state index is 0.155. The van der Waals surface area contributed by atoms with E-state index >= 15 is 0 Å². The van der Waals surface area contributed by atoms with E-state index in [1.54, 1.807) is 0 Å². The molecule has 0 bridgehead atoms. The summed E-state index contributed by atoms with van der Waals surface area (Å²) in [4.78, 5) is 11.9. The van der Waals surface area contributed by atoms with Gasteiger partial charge in [0.15, 0.2) is 0 Å². The van der Waals surface area contributed by atoms with Crippen LogP contribution in [0.4, 0.5) is 4.79 Å². The number of alkyl carbamates (subject to hydrolysis) is 1. The van der Waals surface area contributed by atoms with Crippen LogP contribution in [0.3, 0.4) is 0 Å². The van der Waals surface area contributed by atoms with E-state index in [4.69, 9.17) is 10.5 Å². The molecule has 1 unspecified atom stereocenters. The second-order valence-electron chi connectivity index (χ2n) is 6.54. The zero-order chi connectivity index (χ0) is 16.3. The molecule has 1 amide bonds. The molecule has 1 aromatic carbocycles. The van der Waals surface area contributed by atoms with Crippen LogP contribution in [0.5, 0.6) is 0 Å². The molecular weight excluding hydrogens is 278 g/mol. The normalized spacial score (nSPS) is 13.1. The molecule has 0 spiro atoms. The number of hydrogen-bond acceptors (Lipinski definition) is 3. The predicted molar refractivity (Wildman–Crippen MR) is 88.8 cm³/mol. The lowest BCUT2D eigenvalue weighted by molar-refractivity contribution is 0.0505. The second kappa shape index (κ2) is 6.40. The lowest BCUT2D eigenvalue weighted by Crippen LogP contribution is -2.44. The molecule has 0 saturated heterocycles. The Kier molecular flexibility index (Phi) is 4.76. The molecule has 0 saturated carbocycles. The first-order valence-electron chi connectivity index (χ1n) is 7.53. The summed E-state index contributed by atoms with van der Waals surface area (Å²) in [5, 5.41) is 4.03. The number of carbonyl (C=O) groups excluding carboxylic acids is 1. The zero-order valence-corrected chi connectivity index (χ0v) is 13.7. The number of benzene rings is 1. The van der Waals surface area contributed by atoms with Crippen molar-refractivity contribution in [3.8, 4) is 0 Å².